The van der Waals surface area contributed by atoms with Gasteiger partial charge >= 0.3 is 0 Å². The first-order valence-electron chi connectivity index (χ1n) is 2.75. The average molecular weight is 152 g/mol. The van der Waals surface area contributed by atoms with Crippen molar-refractivity contribution in [2.75, 3.05) is 33.5 Å². The van der Waals surface area contributed by atoms with Gasteiger partial charge in [-0.2, -0.15) is 0 Å². The van der Waals surface area contributed by atoms with E-state index in [-0.39, 0.29) is 0 Å². The van der Waals surface area contributed by atoms with Crippen LogP contribution in [0.1, 0.15) is 0 Å². The maximum atomic E-state index is 5.02. The van der Waals surface area contributed by atoms with E-state index >= 15 is 0 Å². The molecule has 0 saturated heterocycles. The molecule has 0 aliphatic rings. The largest absolute Gasteiger partial charge is 0.382 e. The fourth-order valence-electron chi connectivity index (χ4n) is 0.341. The molecule has 56 valence electrons. The van der Waals surface area contributed by atoms with Crippen molar-refractivity contribution < 1.29 is 13.7 Å². The smallest absolute Gasteiger partial charge is 0.0844 e. The second-order valence-electron chi connectivity index (χ2n) is 1.44. The van der Waals surface area contributed by atoms with Crippen LogP contribution in [0.3, 0.4) is 0 Å². The summed E-state index contributed by atoms with van der Waals surface area (Å²) in [6.45, 7) is 2.35. The molecule has 0 aromatic carbocycles. The Labute approximate surface area is 60.9 Å². The van der Waals surface area contributed by atoms with E-state index in [1.54, 1.807) is 7.11 Å². The Kier molecular flexibility index (Phi) is 8.44. The van der Waals surface area contributed by atoms with E-state index in [1.165, 1.54) is 0 Å². The Bertz CT molecular complexity index is 45.5. The summed E-state index contributed by atoms with van der Waals surface area (Å²) in [4.78, 5) is 0. The van der Waals surface area contributed by atoms with Crippen molar-refractivity contribution in [3.8, 4) is 0 Å². The summed E-state index contributed by atoms with van der Waals surface area (Å²) in [5.41, 5.74) is 0. The van der Waals surface area contributed by atoms with Crippen LogP contribution in [0.2, 0.25) is 0 Å². The van der Waals surface area contributed by atoms with Crippen LogP contribution in [0.15, 0.2) is 0 Å². The van der Waals surface area contributed by atoms with E-state index in [2.05, 4.69) is 17.1 Å². The van der Waals surface area contributed by atoms with Crippen molar-refractivity contribution in [2.24, 2.45) is 0 Å². The third-order valence-electron chi connectivity index (χ3n) is 0.751. The zero-order valence-electron chi connectivity index (χ0n) is 5.50. The van der Waals surface area contributed by atoms with Gasteiger partial charge in [-0.1, -0.05) is 0 Å². The predicted molar refractivity (Wildman–Crippen MR) is 37.6 cm³/mol. The lowest BCUT2D eigenvalue weighted by Gasteiger charge is -2.00. The highest BCUT2D eigenvalue weighted by atomic mass is 32.1. The van der Waals surface area contributed by atoms with Gasteiger partial charge in [-0.15, -0.1) is 0 Å². The van der Waals surface area contributed by atoms with Crippen molar-refractivity contribution in [3.63, 3.8) is 0 Å². The molecule has 0 bridgehead atoms. The summed E-state index contributed by atoms with van der Waals surface area (Å²) < 4.78 is 14.2. The zero-order chi connectivity index (χ0) is 6.95. The monoisotopic (exact) mass is 152 g/mol. The molecule has 0 aromatic heterocycles. The fraction of sp³-hybridized carbons (Fsp3) is 1.00. The first-order chi connectivity index (χ1) is 4.41. The molecule has 0 radical (unpaired) electrons. The standard InChI is InChI=1S/C5H12O3S/c1-6-2-3-7-4-5-8-9/h9H,2-5H2,1H3. The van der Waals surface area contributed by atoms with Crippen molar-refractivity contribution >= 4 is 12.9 Å². The minimum Gasteiger partial charge on any atom is -0.382 e. The fourth-order valence-corrected chi connectivity index (χ4v) is 0.415. The molecule has 3 nitrogen and oxygen atoms in total. The number of hydrogen-bond donors (Lipinski definition) is 1. The summed E-state index contributed by atoms with van der Waals surface area (Å²) in [5.74, 6) is 0. The van der Waals surface area contributed by atoms with Crippen LogP contribution < -0.4 is 0 Å². The van der Waals surface area contributed by atoms with Gasteiger partial charge in [0.25, 0.3) is 0 Å². The molecule has 0 aliphatic heterocycles. The van der Waals surface area contributed by atoms with E-state index in [4.69, 9.17) is 9.47 Å². The van der Waals surface area contributed by atoms with Gasteiger partial charge in [-0.3, -0.25) is 0 Å². The van der Waals surface area contributed by atoms with Gasteiger partial charge in [0.1, 0.15) is 0 Å². The van der Waals surface area contributed by atoms with Crippen molar-refractivity contribution in [1.29, 1.82) is 0 Å². The van der Waals surface area contributed by atoms with E-state index in [9.17, 15) is 0 Å². The van der Waals surface area contributed by atoms with Gasteiger partial charge in [0, 0.05) is 7.11 Å². The third kappa shape index (κ3) is 8.23. The van der Waals surface area contributed by atoms with Crippen LogP contribution in [0.5, 0.6) is 0 Å². The van der Waals surface area contributed by atoms with Gasteiger partial charge in [0.2, 0.25) is 0 Å². The van der Waals surface area contributed by atoms with Crippen molar-refractivity contribution in [2.45, 2.75) is 0 Å². The molecule has 0 saturated carbocycles. The molecule has 4 heteroatoms. The number of ether oxygens (including phenoxy) is 2. The lowest BCUT2D eigenvalue weighted by Crippen LogP contribution is -2.05. The maximum absolute atomic E-state index is 5.02. The second-order valence-corrected chi connectivity index (χ2v) is 1.70. The quantitative estimate of drug-likeness (QED) is 0.341. The Morgan fingerprint density at radius 2 is 1.78 bits per heavy atom. The third-order valence-corrected chi connectivity index (χ3v) is 0.933. The van der Waals surface area contributed by atoms with Gasteiger partial charge in [0.05, 0.1) is 26.4 Å². The molecule has 0 unspecified atom stereocenters. The van der Waals surface area contributed by atoms with Crippen LogP contribution in [-0.4, -0.2) is 33.5 Å². The first kappa shape index (κ1) is 9.23. The number of rotatable bonds is 6. The zero-order valence-corrected chi connectivity index (χ0v) is 6.39. The molecule has 0 heterocycles. The second kappa shape index (κ2) is 8.23. The predicted octanol–water partition coefficient (Wildman–Crippen LogP) is 0.511. The lowest BCUT2D eigenvalue weighted by molar-refractivity contribution is 0.0580. The Morgan fingerprint density at radius 1 is 1.11 bits per heavy atom. The molecule has 0 aromatic rings. The molecule has 0 fully saturated rings. The van der Waals surface area contributed by atoms with E-state index in [0.29, 0.717) is 26.4 Å². The summed E-state index contributed by atoms with van der Waals surface area (Å²) >= 11 is 3.53. The van der Waals surface area contributed by atoms with E-state index < -0.39 is 0 Å². The normalized spacial score (nSPS) is 10.0. The Hall–Kier alpha value is 0.230. The van der Waals surface area contributed by atoms with E-state index in [1.807, 2.05) is 0 Å². The molecular weight excluding hydrogens is 140 g/mol. The summed E-state index contributed by atoms with van der Waals surface area (Å²) in [6.07, 6.45) is 0. The minimum atomic E-state index is 0.521. The molecule has 0 spiro atoms. The summed E-state index contributed by atoms with van der Waals surface area (Å²) in [5, 5.41) is 0. The van der Waals surface area contributed by atoms with Crippen LogP contribution in [-0.2, 0) is 13.7 Å². The summed E-state index contributed by atoms with van der Waals surface area (Å²) in [6, 6.07) is 0. The van der Waals surface area contributed by atoms with Crippen LogP contribution in [0.25, 0.3) is 0 Å². The molecule has 0 atom stereocenters. The number of thiol groups is 1. The molecule has 0 amide bonds. The molecule has 0 rings (SSSR count). The Balaban J connectivity index is 2.60. The molecular formula is C5H12O3S. The highest BCUT2D eigenvalue weighted by Gasteiger charge is 1.84. The SMILES string of the molecule is COCCOCCOS. The van der Waals surface area contributed by atoms with Crippen molar-refractivity contribution in [1.82, 2.24) is 0 Å². The van der Waals surface area contributed by atoms with Gasteiger partial charge in [-0.25, -0.2) is 0 Å². The van der Waals surface area contributed by atoms with Gasteiger partial charge in [0.15, 0.2) is 0 Å². The lowest BCUT2D eigenvalue weighted by atomic mass is 10.7. The number of hydrogen-bond acceptors (Lipinski definition) is 4. The molecule has 0 N–H and O–H groups in total. The first-order valence-corrected chi connectivity index (χ1v) is 3.11. The van der Waals surface area contributed by atoms with Gasteiger partial charge in [-0.05, 0) is 12.9 Å². The maximum Gasteiger partial charge on any atom is 0.0844 e. The molecule has 9 heavy (non-hydrogen) atoms. The average Bonchev–Trinajstić information content (AvgIpc) is 1.89. The molecule has 0 aliphatic carbocycles. The van der Waals surface area contributed by atoms with Gasteiger partial charge < -0.3 is 13.7 Å². The minimum absolute atomic E-state index is 0.521. The highest BCUT2D eigenvalue weighted by Crippen LogP contribution is 1.80. The van der Waals surface area contributed by atoms with Crippen LogP contribution >= 0.6 is 12.9 Å². The van der Waals surface area contributed by atoms with E-state index in [0.717, 1.165) is 0 Å². The van der Waals surface area contributed by atoms with Crippen LogP contribution in [0.4, 0.5) is 0 Å². The summed E-state index contributed by atoms with van der Waals surface area (Å²) in [7, 11) is 1.64. The van der Waals surface area contributed by atoms with Crippen molar-refractivity contribution in [3.05, 3.63) is 0 Å². The highest BCUT2D eigenvalue weighted by molar-refractivity contribution is 7.75. The van der Waals surface area contributed by atoms with Crippen LogP contribution in [0, 0.1) is 0 Å². The Morgan fingerprint density at radius 3 is 2.33 bits per heavy atom. The number of methoxy groups -OCH3 is 1. The topological polar surface area (TPSA) is 27.7 Å².